The fourth-order valence-electron chi connectivity index (χ4n) is 2.71. The van der Waals surface area contributed by atoms with Gasteiger partial charge in [0, 0.05) is 6.04 Å². The number of amides is 1. The summed E-state index contributed by atoms with van der Waals surface area (Å²) in [5.74, 6) is 0.834. The number of carbonyl (C=O) groups excluding carboxylic acids is 1. The van der Waals surface area contributed by atoms with Crippen LogP contribution in [0.15, 0.2) is 24.3 Å². The lowest BCUT2D eigenvalue weighted by Gasteiger charge is -2.25. The highest BCUT2D eigenvalue weighted by Crippen LogP contribution is 2.20. The fourth-order valence-corrected chi connectivity index (χ4v) is 2.71. The Bertz CT molecular complexity index is 438. The quantitative estimate of drug-likeness (QED) is 0.891. The van der Waals surface area contributed by atoms with E-state index in [4.69, 9.17) is 4.74 Å². The molecule has 1 fully saturated rings. The van der Waals surface area contributed by atoms with Crippen molar-refractivity contribution >= 4 is 5.91 Å². The van der Waals surface area contributed by atoms with Crippen LogP contribution in [0.1, 0.15) is 51.0 Å². The van der Waals surface area contributed by atoms with Crippen LogP contribution in [0, 0.1) is 6.92 Å². The van der Waals surface area contributed by atoms with Gasteiger partial charge in [0.15, 0.2) is 6.10 Å². The van der Waals surface area contributed by atoms with Gasteiger partial charge in [0.05, 0.1) is 0 Å². The second kappa shape index (κ2) is 7.32. The highest BCUT2D eigenvalue weighted by molar-refractivity contribution is 5.81. The van der Waals surface area contributed by atoms with Crippen molar-refractivity contribution < 1.29 is 9.53 Å². The van der Waals surface area contributed by atoms with E-state index in [-0.39, 0.29) is 5.91 Å². The van der Waals surface area contributed by atoms with Crippen molar-refractivity contribution in [3.63, 3.8) is 0 Å². The van der Waals surface area contributed by atoms with E-state index in [0.717, 1.165) is 24.2 Å². The third kappa shape index (κ3) is 3.99. The summed E-state index contributed by atoms with van der Waals surface area (Å²) in [6, 6.07) is 8.18. The molecule has 2 rings (SSSR count). The average molecular weight is 275 g/mol. The molecule has 1 aromatic rings. The largest absolute Gasteiger partial charge is 0.480 e. The molecule has 0 spiro atoms. The van der Waals surface area contributed by atoms with E-state index in [1.54, 1.807) is 0 Å². The minimum atomic E-state index is -0.391. The third-order valence-electron chi connectivity index (χ3n) is 3.98. The second-order valence-electron chi connectivity index (χ2n) is 5.62. The van der Waals surface area contributed by atoms with Gasteiger partial charge in [-0.05, 0) is 37.8 Å². The molecule has 0 bridgehead atoms. The summed E-state index contributed by atoms with van der Waals surface area (Å²) in [4.78, 5) is 12.3. The average Bonchev–Trinajstić information content (AvgIpc) is 2.47. The Labute approximate surface area is 121 Å². The van der Waals surface area contributed by atoms with Gasteiger partial charge in [-0.15, -0.1) is 0 Å². The maximum Gasteiger partial charge on any atom is 0.261 e. The molecule has 0 aromatic heterocycles. The van der Waals surface area contributed by atoms with Crippen molar-refractivity contribution in [2.45, 2.75) is 64.5 Å². The number of aryl methyl sites for hydroxylation is 1. The zero-order chi connectivity index (χ0) is 14.4. The standard InChI is InChI=1S/C17H25NO2/c1-3-15(20-16-12-8-7-9-13(16)2)17(19)18-14-10-5-4-6-11-14/h7-9,12,14-15H,3-6,10-11H2,1-2H3,(H,18,19). The van der Waals surface area contributed by atoms with Crippen LogP contribution in [-0.4, -0.2) is 18.1 Å². The van der Waals surface area contributed by atoms with Gasteiger partial charge in [-0.2, -0.15) is 0 Å². The molecule has 3 nitrogen and oxygen atoms in total. The van der Waals surface area contributed by atoms with Crippen LogP contribution in [0.3, 0.4) is 0 Å². The van der Waals surface area contributed by atoms with Crippen LogP contribution >= 0.6 is 0 Å². The predicted octanol–water partition coefficient (Wildman–Crippen LogP) is 3.60. The van der Waals surface area contributed by atoms with Crippen molar-refractivity contribution in [3.05, 3.63) is 29.8 Å². The molecule has 0 aliphatic heterocycles. The van der Waals surface area contributed by atoms with E-state index < -0.39 is 6.10 Å². The number of carbonyl (C=O) groups is 1. The second-order valence-corrected chi connectivity index (χ2v) is 5.62. The van der Waals surface area contributed by atoms with Gasteiger partial charge >= 0.3 is 0 Å². The Morgan fingerprint density at radius 3 is 2.65 bits per heavy atom. The van der Waals surface area contributed by atoms with Crippen LogP contribution < -0.4 is 10.1 Å². The number of nitrogens with one attached hydrogen (secondary N) is 1. The van der Waals surface area contributed by atoms with Crippen LogP contribution in [0.2, 0.25) is 0 Å². The number of para-hydroxylation sites is 1. The van der Waals surface area contributed by atoms with Crippen molar-refractivity contribution in [3.8, 4) is 5.75 Å². The van der Waals surface area contributed by atoms with Gasteiger partial charge in [-0.1, -0.05) is 44.4 Å². The molecule has 20 heavy (non-hydrogen) atoms. The molecule has 1 aromatic carbocycles. The first-order chi connectivity index (χ1) is 9.70. The normalized spacial score (nSPS) is 17.5. The van der Waals surface area contributed by atoms with E-state index in [1.165, 1.54) is 19.3 Å². The minimum Gasteiger partial charge on any atom is -0.480 e. The van der Waals surface area contributed by atoms with E-state index in [0.29, 0.717) is 12.5 Å². The molecular weight excluding hydrogens is 250 g/mol. The van der Waals surface area contributed by atoms with Crippen molar-refractivity contribution in [2.75, 3.05) is 0 Å². The molecular formula is C17H25NO2. The lowest BCUT2D eigenvalue weighted by Crippen LogP contribution is -2.44. The summed E-state index contributed by atoms with van der Waals surface area (Å²) in [5.41, 5.74) is 1.07. The number of benzene rings is 1. The summed E-state index contributed by atoms with van der Waals surface area (Å²) in [7, 11) is 0. The molecule has 0 radical (unpaired) electrons. The van der Waals surface area contributed by atoms with Gasteiger partial charge in [0.25, 0.3) is 5.91 Å². The lowest BCUT2D eigenvalue weighted by molar-refractivity contribution is -0.129. The Morgan fingerprint density at radius 1 is 1.30 bits per heavy atom. The van der Waals surface area contributed by atoms with Gasteiger partial charge < -0.3 is 10.1 Å². The van der Waals surface area contributed by atoms with Crippen LogP contribution in [0.5, 0.6) is 5.75 Å². The maximum absolute atomic E-state index is 12.3. The van der Waals surface area contributed by atoms with Gasteiger partial charge in [0.2, 0.25) is 0 Å². The smallest absolute Gasteiger partial charge is 0.261 e. The van der Waals surface area contributed by atoms with Crippen molar-refractivity contribution in [1.29, 1.82) is 0 Å². The first-order valence-corrected chi connectivity index (χ1v) is 7.73. The molecule has 1 saturated carbocycles. The molecule has 3 heteroatoms. The summed E-state index contributed by atoms with van der Waals surface area (Å²) in [6.07, 6.45) is 6.24. The van der Waals surface area contributed by atoms with Crippen LogP contribution in [-0.2, 0) is 4.79 Å². The molecule has 1 N–H and O–H groups in total. The van der Waals surface area contributed by atoms with E-state index in [2.05, 4.69) is 5.32 Å². The Balaban J connectivity index is 1.93. The monoisotopic (exact) mass is 275 g/mol. The predicted molar refractivity (Wildman–Crippen MR) is 80.9 cm³/mol. The molecule has 1 amide bonds. The Kier molecular flexibility index (Phi) is 5.45. The third-order valence-corrected chi connectivity index (χ3v) is 3.98. The van der Waals surface area contributed by atoms with Gasteiger partial charge in [0.1, 0.15) is 5.75 Å². The first-order valence-electron chi connectivity index (χ1n) is 7.73. The zero-order valence-corrected chi connectivity index (χ0v) is 12.5. The van der Waals surface area contributed by atoms with Gasteiger partial charge in [-0.25, -0.2) is 0 Å². The molecule has 110 valence electrons. The van der Waals surface area contributed by atoms with Crippen molar-refractivity contribution in [2.24, 2.45) is 0 Å². The first kappa shape index (κ1) is 14.9. The molecule has 0 saturated heterocycles. The van der Waals surface area contributed by atoms with Crippen molar-refractivity contribution in [1.82, 2.24) is 5.32 Å². The summed E-state index contributed by atoms with van der Waals surface area (Å²) in [5, 5.41) is 3.15. The highest BCUT2D eigenvalue weighted by Gasteiger charge is 2.23. The molecule has 1 aliphatic rings. The summed E-state index contributed by atoms with van der Waals surface area (Å²) >= 11 is 0. The van der Waals surface area contributed by atoms with E-state index >= 15 is 0 Å². The van der Waals surface area contributed by atoms with E-state index in [9.17, 15) is 4.79 Å². The maximum atomic E-state index is 12.3. The van der Waals surface area contributed by atoms with Crippen LogP contribution in [0.25, 0.3) is 0 Å². The molecule has 0 heterocycles. The Hall–Kier alpha value is -1.51. The van der Waals surface area contributed by atoms with Crippen LogP contribution in [0.4, 0.5) is 0 Å². The molecule has 1 unspecified atom stereocenters. The molecule has 1 aliphatic carbocycles. The highest BCUT2D eigenvalue weighted by atomic mass is 16.5. The summed E-state index contributed by atoms with van der Waals surface area (Å²) < 4.78 is 5.89. The number of ether oxygens (including phenoxy) is 1. The minimum absolute atomic E-state index is 0.0302. The molecule has 1 atom stereocenters. The summed E-state index contributed by atoms with van der Waals surface area (Å²) in [6.45, 7) is 3.99. The number of hydrogen-bond donors (Lipinski definition) is 1. The zero-order valence-electron chi connectivity index (χ0n) is 12.5. The van der Waals surface area contributed by atoms with E-state index in [1.807, 2.05) is 38.1 Å². The van der Waals surface area contributed by atoms with Gasteiger partial charge in [-0.3, -0.25) is 4.79 Å². The topological polar surface area (TPSA) is 38.3 Å². The SMILES string of the molecule is CCC(Oc1ccccc1C)C(=O)NC1CCCCC1. The number of rotatable bonds is 5. The number of hydrogen-bond acceptors (Lipinski definition) is 2. The lowest BCUT2D eigenvalue weighted by atomic mass is 9.95. The Morgan fingerprint density at radius 2 is 2.00 bits per heavy atom. The fraction of sp³-hybridized carbons (Fsp3) is 0.588.